The number of halogens is 2. The van der Waals surface area contributed by atoms with Crippen LogP contribution in [0.4, 0.5) is 0 Å². The highest BCUT2D eigenvalue weighted by Gasteiger charge is 2.28. The third kappa shape index (κ3) is 4.09. The standard InChI is InChI=1S/C15H21Cl2NO/c1-2-7-18-10-11-4-3-8-19-15(11)13-9-12(16)5-6-14(13)17/h5-6,9,11,15,18H,2-4,7-8,10H2,1H3. The zero-order valence-corrected chi connectivity index (χ0v) is 12.8. The zero-order valence-electron chi connectivity index (χ0n) is 11.3. The van der Waals surface area contributed by atoms with Crippen molar-refractivity contribution in [2.75, 3.05) is 19.7 Å². The minimum Gasteiger partial charge on any atom is -0.373 e. The van der Waals surface area contributed by atoms with Gasteiger partial charge in [-0.1, -0.05) is 30.1 Å². The Labute approximate surface area is 125 Å². The van der Waals surface area contributed by atoms with Gasteiger partial charge in [-0.25, -0.2) is 0 Å². The lowest BCUT2D eigenvalue weighted by Gasteiger charge is -2.33. The molecule has 0 spiro atoms. The zero-order chi connectivity index (χ0) is 13.7. The van der Waals surface area contributed by atoms with Gasteiger partial charge in [0.2, 0.25) is 0 Å². The van der Waals surface area contributed by atoms with Gasteiger partial charge >= 0.3 is 0 Å². The van der Waals surface area contributed by atoms with Crippen LogP contribution in [-0.2, 0) is 4.74 Å². The highest BCUT2D eigenvalue weighted by molar-refractivity contribution is 6.33. The molecule has 0 aliphatic carbocycles. The van der Waals surface area contributed by atoms with E-state index in [0.29, 0.717) is 10.9 Å². The predicted molar refractivity (Wildman–Crippen MR) is 81.0 cm³/mol. The normalized spacial score (nSPS) is 23.5. The van der Waals surface area contributed by atoms with Crippen LogP contribution in [-0.4, -0.2) is 19.7 Å². The Morgan fingerprint density at radius 2 is 2.21 bits per heavy atom. The first-order valence-electron chi connectivity index (χ1n) is 6.99. The van der Waals surface area contributed by atoms with Crippen LogP contribution in [0.2, 0.25) is 10.0 Å². The second-order valence-corrected chi connectivity index (χ2v) is 5.91. The Hall–Kier alpha value is -0.280. The molecule has 2 rings (SSSR count). The second-order valence-electron chi connectivity index (χ2n) is 5.06. The fourth-order valence-electron chi connectivity index (χ4n) is 2.59. The third-order valence-electron chi connectivity index (χ3n) is 3.54. The van der Waals surface area contributed by atoms with Crippen LogP contribution in [0.1, 0.15) is 37.9 Å². The molecule has 0 bridgehead atoms. The summed E-state index contributed by atoms with van der Waals surface area (Å²) < 4.78 is 5.96. The summed E-state index contributed by atoms with van der Waals surface area (Å²) >= 11 is 12.4. The Morgan fingerprint density at radius 3 is 3.00 bits per heavy atom. The molecule has 2 nitrogen and oxygen atoms in total. The molecule has 2 unspecified atom stereocenters. The third-order valence-corrected chi connectivity index (χ3v) is 4.12. The first-order valence-corrected chi connectivity index (χ1v) is 7.75. The number of ether oxygens (including phenoxy) is 1. The van der Waals surface area contributed by atoms with Gasteiger partial charge in [0, 0.05) is 34.7 Å². The summed E-state index contributed by atoms with van der Waals surface area (Å²) in [7, 11) is 0. The largest absolute Gasteiger partial charge is 0.373 e. The van der Waals surface area contributed by atoms with Gasteiger partial charge in [-0.3, -0.25) is 0 Å². The van der Waals surface area contributed by atoms with Crippen molar-refractivity contribution in [2.24, 2.45) is 5.92 Å². The van der Waals surface area contributed by atoms with E-state index in [9.17, 15) is 0 Å². The lowest BCUT2D eigenvalue weighted by molar-refractivity contribution is -0.0276. The topological polar surface area (TPSA) is 21.3 Å². The molecule has 1 aliphatic rings. The van der Waals surface area contributed by atoms with Gasteiger partial charge in [0.05, 0.1) is 6.10 Å². The van der Waals surface area contributed by atoms with Crippen molar-refractivity contribution >= 4 is 23.2 Å². The average Bonchev–Trinajstić information content (AvgIpc) is 2.42. The van der Waals surface area contributed by atoms with Crippen LogP contribution in [0.25, 0.3) is 0 Å². The number of benzene rings is 1. The van der Waals surface area contributed by atoms with Crippen molar-refractivity contribution in [3.05, 3.63) is 33.8 Å². The van der Waals surface area contributed by atoms with Gasteiger partial charge < -0.3 is 10.1 Å². The van der Waals surface area contributed by atoms with Crippen LogP contribution >= 0.6 is 23.2 Å². The minimum atomic E-state index is 0.0595. The lowest BCUT2D eigenvalue weighted by atomic mass is 9.89. The molecular weight excluding hydrogens is 281 g/mol. The number of hydrogen-bond acceptors (Lipinski definition) is 2. The smallest absolute Gasteiger partial charge is 0.0880 e. The molecule has 1 aliphatic heterocycles. The van der Waals surface area contributed by atoms with E-state index < -0.39 is 0 Å². The van der Waals surface area contributed by atoms with E-state index in [1.165, 1.54) is 6.42 Å². The Kier molecular flexibility index (Phi) is 5.96. The van der Waals surface area contributed by atoms with E-state index in [0.717, 1.165) is 43.1 Å². The number of rotatable bonds is 5. The van der Waals surface area contributed by atoms with Gasteiger partial charge in [0.25, 0.3) is 0 Å². The molecule has 4 heteroatoms. The van der Waals surface area contributed by atoms with E-state index in [1.54, 1.807) is 0 Å². The van der Waals surface area contributed by atoms with E-state index >= 15 is 0 Å². The summed E-state index contributed by atoms with van der Waals surface area (Å²) in [4.78, 5) is 0. The fraction of sp³-hybridized carbons (Fsp3) is 0.600. The minimum absolute atomic E-state index is 0.0595. The Morgan fingerprint density at radius 1 is 1.37 bits per heavy atom. The number of nitrogens with one attached hydrogen (secondary N) is 1. The lowest BCUT2D eigenvalue weighted by Crippen LogP contribution is -2.32. The van der Waals surface area contributed by atoms with Crippen molar-refractivity contribution in [1.29, 1.82) is 0 Å². The van der Waals surface area contributed by atoms with Crippen LogP contribution in [0, 0.1) is 5.92 Å². The molecule has 1 saturated heterocycles. The fourth-order valence-corrected chi connectivity index (χ4v) is 3.00. The maximum Gasteiger partial charge on any atom is 0.0880 e. The van der Waals surface area contributed by atoms with Crippen molar-refractivity contribution in [3.63, 3.8) is 0 Å². The summed E-state index contributed by atoms with van der Waals surface area (Å²) in [5.41, 5.74) is 1.03. The monoisotopic (exact) mass is 301 g/mol. The molecule has 2 atom stereocenters. The van der Waals surface area contributed by atoms with Gasteiger partial charge in [-0.15, -0.1) is 0 Å². The van der Waals surface area contributed by atoms with Gasteiger partial charge in [0.1, 0.15) is 0 Å². The van der Waals surface area contributed by atoms with Gasteiger partial charge in [-0.05, 0) is 44.0 Å². The molecule has 1 aromatic rings. The summed E-state index contributed by atoms with van der Waals surface area (Å²) in [6, 6.07) is 5.61. The van der Waals surface area contributed by atoms with Crippen LogP contribution in [0.5, 0.6) is 0 Å². The number of hydrogen-bond donors (Lipinski definition) is 1. The quantitative estimate of drug-likeness (QED) is 0.811. The first kappa shape index (κ1) is 15.1. The summed E-state index contributed by atoms with van der Waals surface area (Å²) in [6.07, 6.45) is 3.50. The van der Waals surface area contributed by atoms with Gasteiger partial charge in [-0.2, -0.15) is 0 Å². The first-order chi connectivity index (χ1) is 9.22. The van der Waals surface area contributed by atoms with E-state index in [4.69, 9.17) is 27.9 Å². The molecule has 0 aromatic heterocycles. The van der Waals surface area contributed by atoms with Crippen molar-refractivity contribution in [2.45, 2.75) is 32.3 Å². The van der Waals surface area contributed by atoms with Gasteiger partial charge in [0.15, 0.2) is 0 Å². The van der Waals surface area contributed by atoms with Crippen molar-refractivity contribution < 1.29 is 4.74 Å². The van der Waals surface area contributed by atoms with E-state index in [1.807, 2.05) is 18.2 Å². The van der Waals surface area contributed by atoms with E-state index in [-0.39, 0.29) is 6.10 Å². The Balaban J connectivity index is 2.11. The van der Waals surface area contributed by atoms with Crippen molar-refractivity contribution in [3.8, 4) is 0 Å². The second kappa shape index (κ2) is 7.49. The average molecular weight is 302 g/mol. The molecule has 19 heavy (non-hydrogen) atoms. The molecule has 1 aromatic carbocycles. The Bertz CT molecular complexity index is 411. The van der Waals surface area contributed by atoms with Crippen molar-refractivity contribution in [1.82, 2.24) is 5.32 Å². The molecule has 106 valence electrons. The summed E-state index contributed by atoms with van der Waals surface area (Å²) in [5.74, 6) is 0.469. The molecule has 0 amide bonds. The molecular formula is C15H21Cl2NO. The van der Waals surface area contributed by atoms with Crippen LogP contribution in [0.15, 0.2) is 18.2 Å². The van der Waals surface area contributed by atoms with E-state index in [2.05, 4.69) is 12.2 Å². The highest BCUT2D eigenvalue weighted by atomic mass is 35.5. The summed E-state index contributed by atoms with van der Waals surface area (Å²) in [5, 5.41) is 4.95. The molecule has 0 radical (unpaired) electrons. The molecule has 1 N–H and O–H groups in total. The SMILES string of the molecule is CCCNCC1CCCOC1c1cc(Cl)ccc1Cl. The van der Waals surface area contributed by atoms with Crippen LogP contribution < -0.4 is 5.32 Å². The summed E-state index contributed by atoms with van der Waals surface area (Å²) in [6.45, 7) is 5.00. The maximum absolute atomic E-state index is 6.30. The molecule has 1 fully saturated rings. The molecule has 1 heterocycles. The predicted octanol–water partition coefficient (Wildman–Crippen LogP) is 4.46. The maximum atomic E-state index is 6.30. The molecule has 0 saturated carbocycles. The van der Waals surface area contributed by atoms with Crippen LogP contribution in [0.3, 0.4) is 0 Å². The highest BCUT2D eigenvalue weighted by Crippen LogP contribution is 2.37.